The average Bonchev–Trinajstić information content (AvgIpc) is 3.20. The molecule has 4 N–H and O–H groups in total. The monoisotopic (exact) mass is 404 g/mol. The van der Waals surface area contributed by atoms with Crippen LogP contribution >= 0.6 is 0 Å². The van der Waals surface area contributed by atoms with E-state index in [0.717, 1.165) is 46.4 Å². The number of hydrogen-bond acceptors (Lipinski definition) is 6. The van der Waals surface area contributed by atoms with Crippen molar-refractivity contribution in [3.05, 3.63) is 41.3 Å². The van der Waals surface area contributed by atoms with Crippen LogP contribution in [0.15, 0.2) is 24.3 Å². The molecule has 0 radical (unpaired) electrons. The van der Waals surface area contributed by atoms with Crippen molar-refractivity contribution in [2.45, 2.75) is 46.5 Å². The standard InChI is InChI=1S/C22H28N8/c1-5-6-7-11-16-15-10-8-9-12-17(15)30(28-16)22-25-20(23)19(21(24)26-22)18-13(2)27-29(4)14(18)3/h8-10,12H,5-7,11H2,1-4H3,(H4,23,24,25,26). The molecule has 4 rings (SSSR count). The highest BCUT2D eigenvalue weighted by atomic mass is 15.4. The van der Waals surface area contributed by atoms with Crippen LogP contribution in [0.2, 0.25) is 0 Å². The second-order valence-electron chi connectivity index (χ2n) is 7.67. The maximum absolute atomic E-state index is 6.38. The van der Waals surface area contributed by atoms with Crippen LogP contribution in [0.4, 0.5) is 11.6 Å². The van der Waals surface area contributed by atoms with Gasteiger partial charge in [-0.2, -0.15) is 24.8 Å². The minimum absolute atomic E-state index is 0.323. The second kappa shape index (κ2) is 7.78. The number of nitrogen functional groups attached to an aromatic ring is 2. The molecular formula is C22H28N8. The summed E-state index contributed by atoms with van der Waals surface area (Å²) >= 11 is 0. The van der Waals surface area contributed by atoms with E-state index in [1.54, 1.807) is 9.36 Å². The number of rotatable bonds is 6. The SMILES string of the molecule is CCCCCc1nn(-c2nc(N)c(-c3c(C)nn(C)c3C)c(N)n2)c2ccccc12. The largest absolute Gasteiger partial charge is 0.383 e. The van der Waals surface area contributed by atoms with E-state index >= 15 is 0 Å². The van der Waals surface area contributed by atoms with Crippen molar-refractivity contribution >= 4 is 22.5 Å². The van der Waals surface area contributed by atoms with Crippen molar-refractivity contribution in [2.24, 2.45) is 7.05 Å². The Morgan fingerprint density at radius 1 is 0.933 bits per heavy atom. The number of unbranched alkanes of at least 4 members (excludes halogenated alkanes) is 2. The first-order chi connectivity index (χ1) is 14.4. The summed E-state index contributed by atoms with van der Waals surface area (Å²) < 4.78 is 3.55. The number of para-hydroxylation sites is 1. The van der Waals surface area contributed by atoms with Gasteiger partial charge < -0.3 is 11.5 Å². The fourth-order valence-electron chi connectivity index (χ4n) is 3.98. The van der Waals surface area contributed by atoms with Crippen molar-refractivity contribution in [1.82, 2.24) is 29.5 Å². The van der Waals surface area contributed by atoms with E-state index in [0.29, 0.717) is 23.1 Å². The highest BCUT2D eigenvalue weighted by molar-refractivity contribution is 5.86. The first-order valence-electron chi connectivity index (χ1n) is 10.3. The normalized spacial score (nSPS) is 11.5. The average molecular weight is 405 g/mol. The van der Waals surface area contributed by atoms with Gasteiger partial charge in [-0.3, -0.25) is 4.68 Å². The van der Waals surface area contributed by atoms with Gasteiger partial charge in [0.15, 0.2) is 0 Å². The quantitative estimate of drug-likeness (QED) is 0.473. The predicted octanol–water partition coefficient (Wildman–Crippen LogP) is 3.73. The zero-order chi connectivity index (χ0) is 21.4. The molecule has 30 heavy (non-hydrogen) atoms. The summed E-state index contributed by atoms with van der Waals surface area (Å²) in [6, 6.07) is 8.12. The summed E-state index contributed by atoms with van der Waals surface area (Å²) in [4.78, 5) is 9.16. The van der Waals surface area contributed by atoms with Gasteiger partial charge in [-0.1, -0.05) is 38.0 Å². The van der Waals surface area contributed by atoms with Crippen molar-refractivity contribution in [3.8, 4) is 17.1 Å². The highest BCUT2D eigenvalue weighted by Crippen LogP contribution is 2.35. The molecule has 1 aromatic carbocycles. The topological polar surface area (TPSA) is 113 Å². The number of aromatic nitrogens is 6. The minimum Gasteiger partial charge on any atom is -0.383 e. The molecule has 0 aliphatic rings. The summed E-state index contributed by atoms with van der Waals surface area (Å²) in [5.41, 5.74) is 18.1. The molecular weight excluding hydrogens is 376 g/mol. The first kappa shape index (κ1) is 19.9. The smallest absolute Gasteiger partial charge is 0.255 e. The van der Waals surface area contributed by atoms with Crippen LogP contribution in [0.3, 0.4) is 0 Å². The third kappa shape index (κ3) is 3.28. The van der Waals surface area contributed by atoms with Crippen LogP contribution in [0, 0.1) is 13.8 Å². The van der Waals surface area contributed by atoms with Crippen LogP contribution in [-0.2, 0) is 13.5 Å². The Kier molecular flexibility index (Phi) is 5.15. The van der Waals surface area contributed by atoms with Crippen LogP contribution < -0.4 is 11.5 Å². The molecule has 3 heterocycles. The molecule has 8 nitrogen and oxygen atoms in total. The zero-order valence-corrected chi connectivity index (χ0v) is 18.0. The second-order valence-corrected chi connectivity index (χ2v) is 7.67. The summed E-state index contributed by atoms with van der Waals surface area (Å²) in [5, 5.41) is 10.4. The number of hydrogen-bond donors (Lipinski definition) is 2. The molecule has 0 atom stereocenters. The Hall–Kier alpha value is -3.42. The van der Waals surface area contributed by atoms with E-state index in [9.17, 15) is 0 Å². The van der Waals surface area contributed by atoms with Gasteiger partial charge in [-0.15, -0.1) is 0 Å². The van der Waals surface area contributed by atoms with Gasteiger partial charge in [0.25, 0.3) is 5.95 Å². The molecule has 3 aromatic heterocycles. The molecule has 0 amide bonds. The number of anilines is 2. The Morgan fingerprint density at radius 2 is 1.63 bits per heavy atom. The molecule has 0 saturated heterocycles. The Bertz CT molecular complexity index is 1190. The van der Waals surface area contributed by atoms with E-state index in [-0.39, 0.29) is 0 Å². The van der Waals surface area contributed by atoms with E-state index in [2.05, 4.69) is 28.1 Å². The third-order valence-corrected chi connectivity index (χ3v) is 5.58. The molecule has 0 unspecified atom stereocenters. The summed E-state index contributed by atoms with van der Waals surface area (Å²) in [6.07, 6.45) is 4.36. The Balaban J connectivity index is 1.83. The zero-order valence-electron chi connectivity index (χ0n) is 18.0. The number of nitrogens with two attached hydrogens (primary N) is 2. The van der Waals surface area contributed by atoms with Crippen LogP contribution in [-0.4, -0.2) is 29.5 Å². The molecule has 4 aromatic rings. The van der Waals surface area contributed by atoms with Gasteiger partial charge in [-0.25, -0.2) is 0 Å². The van der Waals surface area contributed by atoms with Gasteiger partial charge in [0.05, 0.1) is 22.5 Å². The lowest BCUT2D eigenvalue weighted by molar-refractivity contribution is 0.697. The fraction of sp³-hybridized carbons (Fsp3) is 0.364. The number of fused-ring (bicyclic) bond motifs is 1. The van der Waals surface area contributed by atoms with E-state index in [4.69, 9.17) is 16.6 Å². The number of nitrogens with zero attached hydrogens (tertiary/aromatic N) is 6. The van der Waals surface area contributed by atoms with Crippen LogP contribution in [0.5, 0.6) is 0 Å². The molecule has 0 saturated carbocycles. The summed E-state index contributed by atoms with van der Waals surface area (Å²) in [6.45, 7) is 6.10. The molecule has 0 aliphatic heterocycles. The maximum Gasteiger partial charge on any atom is 0.255 e. The summed E-state index contributed by atoms with van der Waals surface area (Å²) in [7, 11) is 1.89. The van der Waals surface area contributed by atoms with Crippen molar-refractivity contribution in [1.29, 1.82) is 0 Å². The number of aryl methyl sites for hydroxylation is 3. The maximum atomic E-state index is 6.38. The van der Waals surface area contributed by atoms with Crippen LogP contribution in [0.25, 0.3) is 28.0 Å². The van der Waals surface area contributed by atoms with Gasteiger partial charge in [0, 0.05) is 23.7 Å². The van der Waals surface area contributed by atoms with Gasteiger partial charge in [0.2, 0.25) is 0 Å². The first-order valence-corrected chi connectivity index (χ1v) is 10.3. The van der Waals surface area contributed by atoms with Crippen molar-refractivity contribution < 1.29 is 0 Å². The fourth-order valence-corrected chi connectivity index (χ4v) is 3.98. The van der Waals surface area contributed by atoms with Crippen molar-refractivity contribution in [2.75, 3.05) is 11.5 Å². The lowest BCUT2D eigenvalue weighted by Crippen LogP contribution is -2.10. The molecule has 8 heteroatoms. The molecule has 0 aliphatic carbocycles. The van der Waals surface area contributed by atoms with Crippen LogP contribution in [0.1, 0.15) is 43.3 Å². The number of benzene rings is 1. The van der Waals surface area contributed by atoms with E-state index in [1.807, 2.05) is 39.1 Å². The minimum atomic E-state index is 0.323. The van der Waals surface area contributed by atoms with E-state index in [1.165, 1.54) is 12.8 Å². The molecule has 156 valence electrons. The van der Waals surface area contributed by atoms with E-state index < -0.39 is 0 Å². The molecule has 0 bridgehead atoms. The highest BCUT2D eigenvalue weighted by Gasteiger charge is 2.21. The summed E-state index contributed by atoms with van der Waals surface area (Å²) in [5.74, 6) is 1.03. The lowest BCUT2D eigenvalue weighted by Gasteiger charge is -2.11. The Morgan fingerprint density at radius 3 is 2.27 bits per heavy atom. The molecule has 0 fully saturated rings. The Labute approximate surface area is 175 Å². The lowest BCUT2D eigenvalue weighted by atomic mass is 10.1. The van der Waals surface area contributed by atoms with Gasteiger partial charge in [-0.05, 0) is 32.8 Å². The van der Waals surface area contributed by atoms with Crippen molar-refractivity contribution in [3.63, 3.8) is 0 Å². The third-order valence-electron chi connectivity index (χ3n) is 5.58. The predicted molar refractivity (Wildman–Crippen MR) is 120 cm³/mol. The van der Waals surface area contributed by atoms with Gasteiger partial charge >= 0.3 is 0 Å². The van der Waals surface area contributed by atoms with Gasteiger partial charge in [0.1, 0.15) is 11.6 Å². The molecule has 0 spiro atoms.